The van der Waals surface area contributed by atoms with Crippen LogP contribution in [0.2, 0.25) is 0 Å². The molecule has 2 aromatic carbocycles. The first-order valence-corrected chi connectivity index (χ1v) is 7.65. The average molecular weight is 295 g/mol. The third-order valence-electron chi connectivity index (χ3n) is 4.11. The molecule has 0 saturated carbocycles. The Kier molecular flexibility index (Phi) is 4.28. The van der Waals surface area contributed by atoms with Crippen LogP contribution in [0.15, 0.2) is 54.6 Å². The van der Waals surface area contributed by atoms with Crippen molar-refractivity contribution in [3.05, 3.63) is 60.2 Å². The number of para-hydroxylation sites is 2. The molecule has 1 saturated heterocycles. The van der Waals surface area contributed by atoms with Crippen molar-refractivity contribution in [1.29, 1.82) is 0 Å². The van der Waals surface area contributed by atoms with Gasteiger partial charge in [0.25, 0.3) is 0 Å². The van der Waals surface area contributed by atoms with Crippen LogP contribution in [0.25, 0.3) is 0 Å². The summed E-state index contributed by atoms with van der Waals surface area (Å²) in [5.41, 5.74) is 8.96. The SMILES string of the molecule is Nc1ccccc1N1CCN(C(=O)Cc2ccccc2)CC1. The van der Waals surface area contributed by atoms with Crippen LogP contribution in [0, 0.1) is 0 Å². The third kappa shape index (κ3) is 3.22. The zero-order valence-electron chi connectivity index (χ0n) is 12.6. The van der Waals surface area contributed by atoms with Crippen LogP contribution in [-0.4, -0.2) is 37.0 Å². The summed E-state index contributed by atoms with van der Waals surface area (Å²) in [6.07, 6.45) is 0.480. The molecule has 4 nitrogen and oxygen atoms in total. The fraction of sp³-hybridized carbons (Fsp3) is 0.278. The second-order valence-electron chi connectivity index (χ2n) is 5.59. The largest absolute Gasteiger partial charge is 0.397 e. The molecule has 114 valence electrons. The molecule has 0 aliphatic carbocycles. The number of anilines is 2. The van der Waals surface area contributed by atoms with Gasteiger partial charge in [0.05, 0.1) is 17.8 Å². The van der Waals surface area contributed by atoms with Crippen molar-refractivity contribution in [3.8, 4) is 0 Å². The van der Waals surface area contributed by atoms with E-state index in [0.717, 1.165) is 43.1 Å². The van der Waals surface area contributed by atoms with Crippen LogP contribution < -0.4 is 10.6 Å². The molecule has 3 rings (SSSR count). The van der Waals surface area contributed by atoms with Crippen molar-refractivity contribution in [2.45, 2.75) is 6.42 Å². The molecular formula is C18H21N3O. The first kappa shape index (κ1) is 14.4. The maximum Gasteiger partial charge on any atom is 0.227 e. The smallest absolute Gasteiger partial charge is 0.227 e. The number of rotatable bonds is 3. The number of hydrogen-bond acceptors (Lipinski definition) is 3. The van der Waals surface area contributed by atoms with E-state index in [9.17, 15) is 4.79 Å². The van der Waals surface area contributed by atoms with E-state index >= 15 is 0 Å². The van der Waals surface area contributed by atoms with E-state index in [2.05, 4.69) is 4.90 Å². The van der Waals surface area contributed by atoms with Gasteiger partial charge in [0.2, 0.25) is 5.91 Å². The number of hydrogen-bond donors (Lipinski definition) is 1. The molecule has 2 aromatic rings. The van der Waals surface area contributed by atoms with E-state index in [1.165, 1.54) is 0 Å². The van der Waals surface area contributed by atoms with Gasteiger partial charge in [-0.1, -0.05) is 42.5 Å². The molecule has 0 unspecified atom stereocenters. The lowest BCUT2D eigenvalue weighted by molar-refractivity contribution is -0.130. The Morgan fingerprint density at radius 3 is 2.23 bits per heavy atom. The summed E-state index contributed by atoms with van der Waals surface area (Å²) < 4.78 is 0. The standard InChI is InChI=1S/C18H21N3O/c19-16-8-4-5-9-17(16)20-10-12-21(13-11-20)18(22)14-15-6-2-1-3-7-15/h1-9H,10-14,19H2. The fourth-order valence-corrected chi connectivity index (χ4v) is 2.85. The van der Waals surface area contributed by atoms with E-state index in [1.54, 1.807) is 0 Å². The summed E-state index contributed by atoms with van der Waals surface area (Å²) >= 11 is 0. The van der Waals surface area contributed by atoms with Crippen LogP contribution in [0.4, 0.5) is 11.4 Å². The van der Waals surface area contributed by atoms with Gasteiger partial charge in [-0.2, -0.15) is 0 Å². The Labute approximate surface area is 131 Å². The lowest BCUT2D eigenvalue weighted by atomic mass is 10.1. The number of nitrogen functional groups attached to an aromatic ring is 1. The molecule has 1 amide bonds. The molecule has 1 heterocycles. The predicted octanol–water partition coefficient (Wildman–Crippen LogP) is 2.16. The number of carbonyl (C=O) groups is 1. The quantitative estimate of drug-likeness (QED) is 0.883. The highest BCUT2D eigenvalue weighted by Gasteiger charge is 2.22. The second-order valence-corrected chi connectivity index (χ2v) is 5.59. The number of nitrogens with zero attached hydrogens (tertiary/aromatic N) is 2. The highest BCUT2D eigenvalue weighted by molar-refractivity contribution is 5.79. The number of amides is 1. The summed E-state index contributed by atoms with van der Waals surface area (Å²) in [5.74, 6) is 0.201. The van der Waals surface area contributed by atoms with E-state index in [1.807, 2.05) is 59.5 Å². The molecule has 4 heteroatoms. The molecule has 0 atom stereocenters. The molecule has 0 bridgehead atoms. The van der Waals surface area contributed by atoms with Crippen LogP contribution in [-0.2, 0) is 11.2 Å². The molecule has 22 heavy (non-hydrogen) atoms. The topological polar surface area (TPSA) is 49.6 Å². The highest BCUT2D eigenvalue weighted by Crippen LogP contribution is 2.23. The zero-order chi connectivity index (χ0) is 15.4. The van der Waals surface area contributed by atoms with Gasteiger partial charge in [-0.15, -0.1) is 0 Å². The van der Waals surface area contributed by atoms with Gasteiger partial charge in [-0.3, -0.25) is 4.79 Å². The number of benzene rings is 2. The molecule has 0 spiro atoms. The second kappa shape index (κ2) is 6.52. The average Bonchev–Trinajstić information content (AvgIpc) is 2.56. The van der Waals surface area contributed by atoms with Gasteiger partial charge in [-0.25, -0.2) is 0 Å². The van der Waals surface area contributed by atoms with Gasteiger partial charge in [-0.05, 0) is 17.7 Å². The Morgan fingerprint density at radius 2 is 1.55 bits per heavy atom. The lowest BCUT2D eigenvalue weighted by Gasteiger charge is -2.36. The summed E-state index contributed by atoms with van der Waals surface area (Å²) in [5, 5.41) is 0. The van der Waals surface area contributed by atoms with Gasteiger partial charge in [0, 0.05) is 26.2 Å². The minimum atomic E-state index is 0.201. The minimum absolute atomic E-state index is 0.201. The first-order chi connectivity index (χ1) is 10.7. The van der Waals surface area contributed by atoms with Crippen LogP contribution in [0.1, 0.15) is 5.56 Å². The van der Waals surface area contributed by atoms with E-state index in [4.69, 9.17) is 5.73 Å². The molecular weight excluding hydrogens is 274 g/mol. The third-order valence-corrected chi connectivity index (χ3v) is 4.11. The monoisotopic (exact) mass is 295 g/mol. The van der Waals surface area contributed by atoms with Crippen LogP contribution in [0.3, 0.4) is 0 Å². The van der Waals surface area contributed by atoms with Crippen LogP contribution in [0.5, 0.6) is 0 Å². The minimum Gasteiger partial charge on any atom is -0.397 e. The molecule has 0 aromatic heterocycles. The Hall–Kier alpha value is -2.49. The van der Waals surface area contributed by atoms with Gasteiger partial charge >= 0.3 is 0 Å². The van der Waals surface area contributed by atoms with Gasteiger partial charge in [0.1, 0.15) is 0 Å². The highest BCUT2D eigenvalue weighted by atomic mass is 16.2. The van der Waals surface area contributed by atoms with E-state index in [-0.39, 0.29) is 5.91 Å². The molecule has 1 aliphatic heterocycles. The van der Waals surface area contributed by atoms with E-state index < -0.39 is 0 Å². The maximum absolute atomic E-state index is 12.4. The van der Waals surface area contributed by atoms with E-state index in [0.29, 0.717) is 6.42 Å². The normalized spacial score (nSPS) is 14.9. The van der Waals surface area contributed by atoms with Crippen molar-refractivity contribution >= 4 is 17.3 Å². The summed E-state index contributed by atoms with van der Waals surface area (Å²) in [6, 6.07) is 17.8. The number of carbonyl (C=O) groups excluding carboxylic acids is 1. The number of nitrogens with two attached hydrogens (primary N) is 1. The fourth-order valence-electron chi connectivity index (χ4n) is 2.85. The first-order valence-electron chi connectivity index (χ1n) is 7.65. The Bertz CT molecular complexity index is 634. The Balaban J connectivity index is 1.58. The predicted molar refractivity (Wildman–Crippen MR) is 89.8 cm³/mol. The summed E-state index contributed by atoms with van der Waals surface area (Å²) in [6.45, 7) is 3.16. The number of piperazine rings is 1. The Morgan fingerprint density at radius 1 is 0.909 bits per heavy atom. The van der Waals surface area contributed by atoms with Gasteiger partial charge < -0.3 is 15.5 Å². The van der Waals surface area contributed by atoms with Crippen molar-refractivity contribution in [3.63, 3.8) is 0 Å². The van der Waals surface area contributed by atoms with Crippen LogP contribution >= 0.6 is 0 Å². The maximum atomic E-state index is 12.4. The summed E-state index contributed by atoms with van der Waals surface area (Å²) in [7, 11) is 0. The van der Waals surface area contributed by atoms with Crippen molar-refractivity contribution in [2.75, 3.05) is 36.8 Å². The van der Waals surface area contributed by atoms with Crippen molar-refractivity contribution < 1.29 is 4.79 Å². The molecule has 1 fully saturated rings. The zero-order valence-corrected chi connectivity index (χ0v) is 12.6. The molecule has 0 radical (unpaired) electrons. The molecule has 1 aliphatic rings. The van der Waals surface area contributed by atoms with Crippen molar-refractivity contribution in [2.24, 2.45) is 0 Å². The van der Waals surface area contributed by atoms with Crippen molar-refractivity contribution in [1.82, 2.24) is 4.90 Å². The summed E-state index contributed by atoms with van der Waals surface area (Å²) in [4.78, 5) is 16.6. The lowest BCUT2D eigenvalue weighted by Crippen LogP contribution is -2.49. The molecule has 2 N–H and O–H groups in total. The van der Waals surface area contributed by atoms with Gasteiger partial charge in [0.15, 0.2) is 0 Å².